The maximum atomic E-state index is 13.0. The van der Waals surface area contributed by atoms with Gasteiger partial charge < -0.3 is 10.1 Å². The molecule has 0 spiro atoms. The van der Waals surface area contributed by atoms with Crippen molar-refractivity contribution in [1.29, 1.82) is 0 Å². The van der Waals surface area contributed by atoms with Crippen LogP contribution < -0.4 is 5.32 Å². The van der Waals surface area contributed by atoms with Gasteiger partial charge in [0.25, 0.3) is 11.6 Å². The van der Waals surface area contributed by atoms with Gasteiger partial charge >= 0.3 is 5.97 Å². The average Bonchev–Trinajstić information content (AvgIpc) is 2.85. The van der Waals surface area contributed by atoms with Crippen LogP contribution in [0.2, 0.25) is 0 Å². The van der Waals surface area contributed by atoms with Crippen LogP contribution in [-0.4, -0.2) is 59.4 Å². The van der Waals surface area contributed by atoms with Crippen molar-refractivity contribution in [3.63, 3.8) is 0 Å². The molecule has 1 fully saturated rings. The van der Waals surface area contributed by atoms with E-state index in [0.717, 1.165) is 28.5 Å². The zero-order valence-electron chi connectivity index (χ0n) is 18.9. The summed E-state index contributed by atoms with van der Waals surface area (Å²) in [5.41, 5.74) is 0.704. The maximum absolute atomic E-state index is 13.0. The van der Waals surface area contributed by atoms with E-state index in [-0.39, 0.29) is 41.0 Å². The molecule has 0 aromatic heterocycles. The Kier molecular flexibility index (Phi) is 7.13. The van der Waals surface area contributed by atoms with Crippen molar-refractivity contribution in [2.45, 2.75) is 24.4 Å². The number of hydrogen-bond acceptors (Lipinski definition) is 9. The molecule has 36 heavy (non-hydrogen) atoms. The predicted molar refractivity (Wildman–Crippen MR) is 130 cm³/mol. The quantitative estimate of drug-likeness (QED) is 0.231. The average molecular weight is 532 g/mol. The Morgan fingerprint density at radius 1 is 1.14 bits per heavy atom. The fourth-order valence-corrected chi connectivity index (χ4v) is 6.59. The highest BCUT2D eigenvalue weighted by Gasteiger charge is 2.55. The van der Waals surface area contributed by atoms with E-state index in [0.29, 0.717) is 5.56 Å². The molecule has 0 unspecified atom stereocenters. The van der Waals surface area contributed by atoms with Gasteiger partial charge in [0.2, 0.25) is 5.91 Å². The molecule has 0 saturated carbocycles. The maximum Gasteiger partial charge on any atom is 0.356 e. The number of carbonyl (C=O) groups is 3. The van der Waals surface area contributed by atoms with Crippen molar-refractivity contribution < 1.29 is 32.5 Å². The standard InChI is InChI=1S/C23H21N3O8S2/c1-36(32,33)17-13-35-22-19(24-18(27)11-14-5-3-2-4-6-14)21(28)25(22)20(17)23(29)34-12-15-7-9-16(10-8-15)26(30)31/h2-10,19,22H,11-13H2,1H3,(H,24,27)/t19-,22-/m1/s1. The lowest BCUT2D eigenvalue weighted by molar-refractivity contribution is -0.384. The predicted octanol–water partition coefficient (Wildman–Crippen LogP) is 1.54. The molecule has 2 aliphatic rings. The Labute approximate surface area is 210 Å². The lowest BCUT2D eigenvalue weighted by atomic mass is 10.0. The van der Waals surface area contributed by atoms with Crippen LogP contribution in [0.25, 0.3) is 0 Å². The van der Waals surface area contributed by atoms with E-state index < -0.39 is 38.1 Å². The van der Waals surface area contributed by atoms with Crippen LogP contribution in [0.1, 0.15) is 11.1 Å². The highest BCUT2D eigenvalue weighted by molar-refractivity contribution is 8.02. The zero-order chi connectivity index (χ0) is 26.0. The van der Waals surface area contributed by atoms with E-state index in [1.54, 1.807) is 24.3 Å². The molecule has 11 nitrogen and oxygen atoms in total. The summed E-state index contributed by atoms with van der Waals surface area (Å²) < 4.78 is 30.0. The van der Waals surface area contributed by atoms with Crippen LogP contribution in [0.5, 0.6) is 0 Å². The Bertz CT molecular complexity index is 1360. The minimum Gasteiger partial charge on any atom is -0.456 e. The second kappa shape index (κ2) is 10.1. The zero-order valence-corrected chi connectivity index (χ0v) is 20.6. The second-order valence-electron chi connectivity index (χ2n) is 8.16. The number of nitro benzene ring substituents is 1. The Morgan fingerprint density at radius 2 is 1.81 bits per heavy atom. The molecule has 2 heterocycles. The minimum absolute atomic E-state index is 0.0660. The SMILES string of the molecule is CS(=O)(=O)C1=C(C(=O)OCc2ccc([N+](=O)[O-])cc2)N2C(=O)[C@@H](NC(=O)Cc3ccccc3)[C@H]2SC1. The summed E-state index contributed by atoms with van der Waals surface area (Å²) in [6, 6.07) is 13.4. The van der Waals surface area contributed by atoms with Crippen LogP contribution in [0.3, 0.4) is 0 Å². The summed E-state index contributed by atoms with van der Waals surface area (Å²) in [4.78, 5) is 49.4. The van der Waals surface area contributed by atoms with Crippen LogP contribution in [0.4, 0.5) is 5.69 Å². The molecule has 1 saturated heterocycles. The number of rotatable bonds is 8. The van der Waals surface area contributed by atoms with E-state index in [1.165, 1.54) is 24.3 Å². The first-order valence-corrected chi connectivity index (χ1v) is 13.6. The molecule has 13 heteroatoms. The molecule has 2 aromatic rings. The number of nitrogens with zero attached hydrogens (tertiary/aromatic N) is 2. The van der Waals surface area contributed by atoms with Gasteiger partial charge in [-0.3, -0.25) is 24.6 Å². The van der Waals surface area contributed by atoms with E-state index in [1.807, 2.05) is 6.07 Å². The van der Waals surface area contributed by atoms with Gasteiger partial charge in [0.15, 0.2) is 9.84 Å². The summed E-state index contributed by atoms with van der Waals surface area (Å²) in [7, 11) is -3.84. The van der Waals surface area contributed by atoms with Gasteiger partial charge in [0.05, 0.1) is 16.2 Å². The van der Waals surface area contributed by atoms with Gasteiger partial charge in [-0.1, -0.05) is 30.3 Å². The molecule has 4 rings (SSSR count). The first kappa shape index (κ1) is 25.4. The molecule has 188 valence electrons. The number of ether oxygens (including phenoxy) is 1. The molecular formula is C23H21N3O8S2. The lowest BCUT2D eigenvalue weighted by Crippen LogP contribution is -2.70. The molecule has 0 radical (unpaired) electrons. The monoisotopic (exact) mass is 531 g/mol. The highest BCUT2D eigenvalue weighted by atomic mass is 32.2. The first-order valence-electron chi connectivity index (χ1n) is 10.7. The first-order chi connectivity index (χ1) is 17.1. The minimum atomic E-state index is -3.84. The number of sulfone groups is 1. The second-order valence-corrected chi connectivity index (χ2v) is 11.3. The number of esters is 1. The lowest BCUT2D eigenvalue weighted by Gasteiger charge is -2.49. The summed E-state index contributed by atoms with van der Waals surface area (Å²) in [6.45, 7) is -0.283. The Balaban J connectivity index is 1.49. The van der Waals surface area contributed by atoms with E-state index >= 15 is 0 Å². The number of non-ortho nitro benzene ring substituents is 1. The van der Waals surface area contributed by atoms with Gasteiger partial charge in [-0.05, 0) is 23.3 Å². The Hall–Kier alpha value is -3.71. The topological polar surface area (TPSA) is 153 Å². The number of nitro groups is 1. The van der Waals surface area contributed by atoms with Gasteiger partial charge in [-0.2, -0.15) is 0 Å². The summed E-state index contributed by atoms with van der Waals surface area (Å²) in [6.07, 6.45) is 1.01. The van der Waals surface area contributed by atoms with Gasteiger partial charge in [-0.15, -0.1) is 11.8 Å². The molecule has 2 atom stereocenters. The number of benzene rings is 2. The number of nitrogens with one attached hydrogen (secondary N) is 1. The highest BCUT2D eigenvalue weighted by Crippen LogP contribution is 2.42. The van der Waals surface area contributed by atoms with Crippen molar-refractivity contribution in [1.82, 2.24) is 10.2 Å². The largest absolute Gasteiger partial charge is 0.456 e. The number of thioether (sulfide) groups is 1. The summed E-state index contributed by atoms with van der Waals surface area (Å²) >= 11 is 1.13. The molecule has 2 amide bonds. The molecule has 0 bridgehead atoms. The molecule has 2 aromatic carbocycles. The fraction of sp³-hybridized carbons (Fsp3) is 0.261. The number of β-lactam (4-membered cyclic amide) rings is 1. The van der Waals surface area contributed by atoms with Crippen LogP contribution >= 0.6 is 11.8 Å². The molecule has 2 aliphatic heterocycles. The third-order valence-corrected chi connectivity index (χ3v) is 8.31. The van der Waals surface area contributed by atoms with Crippen LogP contribution in [0.15, 0.2) is 65.2 Å². The van der Waals surface area contributed by atoms with E-state index in [9.17, 15) is 32.9 Å². The number of carbonyl (C=O) groups excluding carboxylic acids is 3. The van der Waals surface area contributed by atoms with Crippen molar-refractivity contribution in [2.24, 2.45) is 0 Å². The van der Waals surface area contributed by atoms with E-state index in [2.05, 4.69) is 5.32 Å². The van der Waals surface area contributed by atoms with Gasteiger partial charge in [0.1, 0.15) is 23.7 Å². The molecule has 1 N–H and O–H groups in total. The summed E-state index contributed by atoms with van der Waals surface area (Å²) in [5, 5.41) is 12.8. The van der Waals surface area contributed by atoms with E-state index in [4.69, 9.17) is 4.74 Å². The third kappa shape index (κ3) is 5.26. The van der Waals surface area contributed by atoms with Gasteiger partial charge in [-0.25, -0.2) is 13.2 Å². The Morgan fingerprint density at radius 3 is 2.42 bits per heavy atom. The van der Waals surface area contributed by atoms with Crippen LogP contribution in [-0.2, 0) is 42.0 Å². The van der Waals surface area contributed by atoms with Crippen LogP contribution in [0, 0.1) is 10.1 Å². The third-order valence-electron chi connectivity index (χ3n) is 5.62. The normalized spacial score (nSPS) is 19.2. The van der Waals surface area contributed by atoms with Crippen molar-refractivity contribution in [3.8, 4) is 0 Å². The number of amides is 2. The van der Waals surface area contributed by atoms with Crippen molar-refractivity contribution in [3.05, 3.63) is 86.4 Å². The number of hydrogen-bond donors (Lipinski definition) is 1. The smallest absolute Gasteiger partial charge is 0.356 e. The summed E-state index contributed by atoms with van der Waals surface area (Å²) in [5.74, 6) is -2.07. The van der Waals surface area contributed by atoms with Gasteiger partial charge in [0, 0.05) is 24.1 Å². The fourth-order valence-electron chi connectivity index (χ4n) is 3.80. The van der Waals surface area contributed by atoms with Crippen molar-refractivity contribution >= 4 is 45.1 Å². The molecule has 0 aliphatic carbocycles. The van der Waals surface area contributed by atoms with Crippen molar-refractivity contribution in [2.75, 3.05) is 12.0 Å². The molecular weight excluding hydrogens is 510 g/mol. The number of fused-ring (bicyclic) bond motifs is 1.